The van der Waals surface area contributed by atoms with Gasteiger partial charge in [0, 0.05) is 0 Å². The van der Waals surface area contributed by atoms with Crippen LogP contribution in [0.25, 0.3) is 0 Å². The van der Waals surface area contributed by atoms with Gasteiger partial charge in [-0.25, -0.2) is 9.18 Å². The van der Waals surface area contributed by atoms with Crippen LogP contribution in [0.2, 0.25) is 5.02 Å². The highest BCUT2D eigenvalue weighted by atomic mass is 35.5. The number of nitrogens with two attached hydrogens (primary N) is 1. The predicted octanol–water partition coefficient (Wildman–Crippen LogP) is 2.41. The van der Waals surface area contributed by atoms with E-state index in [1.165, 1.54) is 13.2 Å². The molecule has 0 aliphatic heterocycles. The maximum atomic E-state index is 13.5. The zero-order chi connectivity index (χ0) is 11.6. The summed E-state index contributed by atoms with van der Waals surface area (Å²) in [5, 5.41) is -0.0392. The van der Waals surface area contributed by atoms with Gasteiger partial charge in [0.25, 0.3) is 0 Å². The minimum Gasteiger partial charge on any atom is -0.465 e. The van der Waals surface area contributed by atoms with Crippen molar-refractivity contribution < 1.29 is 13.9 Å². The summed E-state index contributed by atoms with van der Waals surface area (Å²) in [6.45, 7) is 1.80. The molecule has 0 aliphatic rings. The van der Waals surface area contributed by atoms with Crippen molar-refractivity contribution in [2.75, 3.05) is 12.8 Å². The van der Waals surface area contributed by atoms with Crippen LogP contribution < -0.4 is 5.73 Å². The third-order valence-corrected chi connectivity index (χ3v) is 2.51. The lowest BCUT2D eigenvalue weighted by Gasteiger charge is -2.09. The minimum absolute atomic E-state index is 0.0104. The number of carbonyl (C=O) groups excluding carboxylic acids is 1. The van der Waals surface area contributed by atoms with Gasteiger partial charge >= 0.3 is 5.97 Å². The number of halogens is 2. The van der Waals surface area contributed by atoms with Gasteiger partial charge in [-0.1, -0.05) is 18.5 Å². The summed E-state index contributed by atoms with van der Waals surface area (Å²) in [4.78, 5) is 11.3. The largest absolute Gasteiger partial charge is 0.465 e. The normalized spacial score (nSPS) is 10.1. The predicted molar refractivity (Wildman–Crippen MR) is 56.5 cm³/mol. The molecule has 1 aromatic carbocycles. The number of hydrogen-bond donors (Lipinski definition) is 1. The van der Waals surface area contributed by atoms with Gasteiger partial charge < -0.3 is 10.5 Å². The van der Waals surface area contributed by atoms with Crippen LogP contribution in [0.15, 0.2) is 6.07 Å². The fraction of sp³-hybridized carbons (Fsp3) is 0.300. The van der Waals surface area contributed by atoms with Crippen molar-refractivity contribution in [1.29, 1.82) is 0 Å². The molecule has 82 valence electrons. The molecule has 1 rings (SSSR count). The van der Waals surface area contributed by atoms with Gasteiger partial charge in [0.05, 0.1) is 23.4 Å². The van der Waals surface area contributed by atoms with E-state index in [-0.39, 0.29) is 16.3 Å². The second-order valence-electron chi connectivity index (χ2n) is 2.97. The molecule has 0 unspecified atom stereocenters. The van der Waals surface area contributed by atoms with E-state index in [9.17, 15) is 9.18 Å². The van der Waals surface area contributed by atoms with Crippen LogP contribution in [0.5, 0.6) is 0 Å². The van der Waals surface area contributed by atoms with Crippen molar-refractivity contribution in [3.8, 4) is 0 Å². The molecule has 3 nitrogen and oxygen atoms in total. The van der Waals surface area contributed by atoms with Crippen LogP contribution in [0.4, 0.5) is 10.1 Å². The molecule has 2 N–H and O–H groups in total. The molecule has 0 spiro atoms. The summed E-state index contributed by atoms with van der Waals surface area (Å²) < 4.78 is 18.0. The van der Waals surface area contributed by atoms with Gasteiger partial charge in [-0.15, -0.1) is 0 Å². The molecule has 0 heterocycles. The number of hydrogen-bond acceptors (Lipinski definition) is 3. The van der Waals surface area contributed by atoms with Crippen LogP contribution in [0, 0.1) is 5.82 Å². The third kappa shape index (κ3) is 2.04. The minimum atomic E-state index is -0.767. The van der Waals surface area contributed by atoms with E-state index in [4.69, 9.17) is 17.3 Å². The smallest absolute Gasteiger partial charge is 0.340 e. The number of benzene rings is 1. The van der Waals surface area contributed by atoms with E-state index in [1.54, 1.807) is 6.92 Å². The Morgan fingerprint density at radius 1 is 1.67 bits per heavy atom. The van der Waals surface area contributed by atoms with Gasteiger partial charge in [0.15, 0.2) is 5.82 Å². The molecule has 0 radical (unpaired) electrons. The van der Waals surface area contributed by atoms with Crippen molar-refractivity contribution in [3.63, 3.8) is 0 Å². The van der Waals surface area contributed by atoms with E-state index < -0.39 is 11.8 Å². The summed E-state index contributed by atoms with van der Waals surface area (Å²) in [6, 6.07) is 1.45. The Bertz CT molecular complexity index is 407. The first kappa shape index (κ1) is 11.8. The average molecular weight is 232 g/mol. The Morgan fingerprint density at radius 2 is 2.27 bits per heavy atom. The highest BCUT2D eigenvalue weighted by Crippen LogP contribution is 2.29. The molecule has 0 atom stereocenters. The molecular formula is C10H11ClFNO2. The lowest BCUT2D eigenvalue weighted by atomic mass is 10.1. The fourth-order valence-corrected chi connectivity index (χ4v) is 1.52. The molecule has 0 fully saturated rings. The average Bonchev–Trinajstić information content (AvgIpc) is 2.25. The van der Waals surface area contributed by atoms with Crippen LogP contribution in [-0.4, -0.2) is 13.1 Å². The summed E-state index contributed by atoms with van der Waals surface area (Å²) in [5.74, 6) is -1.44. The lowest BCUT2D eigenvalue weighted by molar-refractivity contribution is 0.0601. The molecule has 15 heavy (non-hydrogen) atoms. The summed E-state index contributed by atoms with van der Waals surface area (Å²) >= 11 is 5.71. The SMILES string of the molecule is CCc1cc(C(=O)OC)c(N)c(F)c1Cl. The van der Waals surface area contributed by atoms with Gasteiger partial charge in [-0.05, 0) is 18.1 Å². The Hall–Kier alpha value is -1.29. The van der Waals surface area contributed by atoms with Crippen molar-refractivity contribution in [3.05, 3.63) is 28.0 Å². The van der Waals surface area contributed by atoms with Crippen molar-refractivity contribution in [2.24, 2.45) is 0 Å². The Kier molecular flexibility index (Phi) is 3.52. The Morgan fingerprint density at radius 3 is 2.73 bits per heavy atom. The Labute approximate surface area is 92.0 Å². The maximum Gasteiger partial charge on any atom is 0.340 e. The number of carbonyl (C=O) groups is 1. The summed E-state index contributed by atoms with van der Waals surface area (Å²) in [5.41, 5.74) is 5.69. The van der Waals surface area contributed by atoms with Crippen LogP contribution in [0.1, 0.15) is 22.8 Å². The highest BCUT2D eigenvalue weighted by molar-refractivity contribution is 6.32. The van der Waals surface area contributed by atoms with Crippen LogP contribution >= 0.6 is 11.6 Å². The number of methoxy groups -OCH3 is 1. The van der Waals surface area contributed by atoms with Crippen molar-refractivity contribution >= 4 is 23.3 Å². The third-order valence-electron chi connectivity index (χ3n) is 2.11. The number of ether oxygens (including phenoxy) is 1. The monoisotopic (exact) mass is 231 g/mol. The highest BCUT2D eigenvalue weighted by Gasteiger charge is 2.18. The molecule has 0 bridgehead atoms. The first-order valence-corrected chi connectivity index (χ1v) is 4.75. The molecule has 0 aliphatic carbocycles. The van der Waals surface area contributed by atoms with E-state index in [0.717, 1.165) is 0 Å². The van der Waals surface area contributed by atoms with Gasteiger partial charge in [-0.2, -0.15) is 0 Å². The number of aryl methyl sites for hydroxylation is 1. The number of esters is 1. The second kappa shape index (κ2) is 4.49. The topological polar surface area (TPSA) is 52.3 Å². The van der Waals surface area contributed by atoms with Gasteiger partial charge in [-0.3, -0.25) is 0 Å². The fourth-order valence-electron chi connectivity index (χ4n) is 1.23. The quantitative estimate of drug-likeness (QED) is 0.628. The summed E-state index contributed by atoms with van der Waals surface area (Å²) in [7, 11) is 1.21. The number of anilines is 1. The Balaban J connectivity index is 3.41. The van der Waals surface area contributed by atoms with E-state index in [0.29, 0.717) is 12.0 Å². The van der Waals surface area contributed by atoms with Crippen LogP contribution in [0.3, 0.4) is 0 Å². The van der Waals surface area contributed by atoms with Crippen LogP contribution in [-0.2, 0) is 11.2 Å². The number of nitrogen functional groups attached to an aromatic ring is 1. The van der Waals surface area contributed by atoms with Crippen molar-refractivity contribution in [1.82, 2.24) is 0 Å². The standard InChI is InChI=1S/C10H11ClFNO2/c1-3-5-4-6(10(14)15-2)9(13)8(12)7(5)11/h4H,3,13H2,1-2H3. The molecule has 0 amide bonds. The molecule has 0 saturated carbocycles. The van der Waals surface area contributed by atoms with Gasteiger partial charge in [0.1, 0.15) is 0 Å². The molecule has 0 aromatic heterocycles. The van der Waals surface area contributed by atoms with E-state index in [2.05, 4.69) is 4.74 Å². The zero-order valence-corrected chi connectivity index (χ0v) is 9.19. The lowest BCUT2D eigenvalue weighted by Crippen LogP contribution is -2.09. The van der Waals surface area contributed by atoms with E-state index in [1.807, 2.05) is 0 Å². The van der Waals surface area contributed by atoms with E-state index >= 15 is 0 Å². The molecule has 0 saturated heterocycles. The zero-order valence-electron chi connectivity index (χ0n) is 8.43. The number of rotatable bonds is 2. The first-order valence-electron chi connectivity index (χ1n) is 4.37. The van der Waals surface area contributed by atoms with Crippen molar-refractivity contribution in [2.45, 2.75) is 13.3 Å². The maximum absolute atomic E-state index is 13.5. The van der Waals surface area contributed by atoms with Gasteiger partial charge in [0.2, 0.25) is 0 Å². The molecule has 1 aromatic rings. The second-order valence-corrected chi connectivity index (χ2v) is 3.35. The molecular weight excluding hydrogens is 221 g/mol. The first-order chi connectivity index (χ1) is 7.02. The summed E-state index contributed by atoms with van der Waals surface area (Å²) in [6.07, 6.45) is 0.514. The molecule has 5 heteroatoms.